The van der Waals surface area contributed by atoms with Crippen LogP contribution >= 0.6 is 0 Å². The van der Waals surface area contributed by atoms with Gasteiger partial charge in [-0.2, -0.15) is 0 Å². The summed E-state index contributed by atoms with van der Waals surface area (Å²) < 4.78 is 4.65. The molecule has 3 heteroatoms. The second-order valence-corrected chi connectivity index (χ2v) is 8.02. The van der Waals surface area contributed by atoms with E-state index in [9.17, 15) is 9.59 Å². The number of benzene rings is 2. The number of carbonyl (C=O) groups is 2. The molecule has 0 aliphatic heterocycles. The average molecular weight is 409 g/mol. The van der Waals surface area contributed by atoms with E-state index >= 15 is 0 Å². The van der Waals surface area contributed by atoms with Crippen molar-refractivity contribution in [3.63, 3.8) is 0 Å². The van der Waals surface area contributed by atoms with Crippen LogP contribution in [0.2, 0.25) is 0 Å². The minimum atomic E-state index is -0.118. The van der Waals surface area contributed by atoms with Gasteiger partial charge in [0.05, 0.1) is 7.11 Å². The zero-order valence-electron chi connectivity index (χ0n) is 18.6. The van der Waals surface area contributed by atoms with Gasteiger partial charge >= 0.3 is 5.97 Å². The molecule has 0 radical (unpaired) electrons. The highest BCUT2D eigenvalue weighted by Gasteiger charge is 2.09. The summed E-state index contributed by atoms with van der Waals surface area (Å²) in [5, 5.41) is 0. The first-order chi connectivity index (χ1) is 14.6. The van der Waals surface area contributed by atoms with E-state index in [1.165, 1.54) is 37.5 Å². The van der Waals surface area contributed by atoms with E-state index in [4.69, 9.17) is 0 Å². The number of hydrogen-bond acceptors (Lipinski definition) is 3. The highest BCUT2D eigenvalue weighted by molar-refractivity contribution is 6.08. The molecule has 2 rings (SSSR count). The zero-order valence-corrected chi connectivity index (χ0v) is 18.6. The Hall–Kier alpha value is -2.42. The monoisotopic (exact) mass is 408 g/mol. The van der Waals surface area contributed by atoms with Crippen LogP contribution < -0.4 is 0 Å². The summed E-state index contributed by atoms with van der Waals surface area (Å²) in [6.45, 7) is 2.21. The maximum atomic E-state index is 12.7. The Morgan fingerprint density at radius 1 is 0.667 bits per heavy atom. The van der Waals surface area contributed by atoms with Crippen molar-refractivity contribution in [2.45, 2.75) is 77.6 Å². The molecule has 0 atom stereocenters. The first-order valence-electron chi connectivity index (χ1n) is 11.4. The lowest BCUT2D eigenvalue weighted by molar-refractivity contribution is -0.140. The summed E-state index contributed by atoms with van der Waals surface area (Å²) in [6.07, 6.45) is 11.7. The highest BCUT2D eigenvalue weighted by Crippen LogP contribution is 2.16. The molecular formula is C27H36O3. The Balaban J connectivity index is 1.73. The summed E-state index contributed by atoms with van der Waals surface area (Å²) in [7, 11) is 1.44. The highest BCUT2D eigenvalue weighted by atomic mass is 16.5. The standard InChI is InChI=1S/C27H36O3/c1-3-4-8-11-22-14-18-24(19-15-22)27(29)25-20-16-23(17-21-25)12-9-6-5-7-10-13-26(28)30-2/h14-21H,3-13H2,1-2H3. The summed E-state index contributed by atoms with van der Waals surface area (Å²) in [5.74, 6) is -0.0279. The van der Waals surface area contributed by atoms with E-state index in [-0.39, 0.29) is 11.8 Å². The SMILES string of the molecule is CCCCCc1ccc(C(=O)c2ccc(CCCCCCCC(=O)OC)cc2)cc1. The molecule has 0 unspecified atom stereocenters. The quantitative estimate of drug-likeness (QED) is 0.198. The Labute approximate surface area is 181 Å². The predicted octanol–water partition coefficient (Wildman–Crippen LogP) is 6.71. The molecule has 0 aliphatic rings. The van der Waals surface area contributed by atoms with E-state index < -0.39 is 0 Å². The van der Waals surface area contributed by atoms with Crippen molar-refractivity contribution in [3.8, 4) is 0 Å². The van der Waals surface area contributed by atoms with Crippen molar-refractivity contribution >= 4 is 11.8 Å². The van der Waals surface area contributed by atoms with E-state index in [2.05, 4.69) is 35.9 Å². The first kappa shape index (κ1) is 23.9. The smallest absolute Gasteiger partial charge is 0.305 e. The fourth-order valence-corrected chi connectivity index (χ4v) is 3.62. The van der Waals surface area contributed by atoms with Crippen LogP contribution in [-0.4, -0.2) is 18.9 Å². The molecule has 2 aromatic rings. The molecule has 30 heavy (non-hydrogen) atoms. The lowest BCUT2D eigenvalue weighted by atomic mass is 9.98. The van der Waals surface area contributed by atoms with Crippen molar-refractivity contribution < 1.29 is 14.3 Å². The third-order valence-electron chi connectivity index (χ3n) is 5.58. The average Bonchev–Trinajstić information content (AvgIpc) is 2.79. The molecule has 2 aromatic carbocycles. The molecule has 0 fully saturated rings. The van der Waals surface area contributed by atoms with Crippen LogP contribution in [0.4, 0.5) is 0 Å². The van der Waals surface area contributed by atoms with E-state index in [1.54, 1.807) is 0 Å². The van der Waals surface area contributed by atoms with E-state index in [0.29, 0.717) is 6.42 Å². The van der Waals surface area contributed by atoms with Crippen molar-refractivity contribution in [1.29, 1.82) is 0 Å². The molecule has 3 nitrogen and oxygen atoms in total. The number of rotatable bonds is 14. The topological polar surface area (TPSA) is 43.4 Å². The summed E-state index contributed by atoms with van der Waals surface area (Å²) in [4.78, 5) is 23.8. The van der Waals surface area contributed by atoms with Crippen LogP contribution in [0.25, 0.3) is 0 Å². The van der Waals surface area contributed by atoms with Crippen LogP contribution in [0.15, 0.2) is 48.5 Å². The summed E-state index contributed by atoms with van der Waals surface area (Å²) in [6, 6.07) is 16.1. The van der Waals surface area contributed by atoms with Gasteiger partial charge in [-0.15, -0.1) is 0 Å². The van der Waals surface area contributed by atoms with Crippen LogP contribution in [0.3, 0.4) is 0 Å². The van der Waals surface area contributed by atoms with Gasteiger partial charge in [0.15, 0.2) is 5.78 Å². The van der Waals surface area contributed by atoms with Gasteiger partial charge in [-0.3, -0.25) is 9.59 Å². The van der Waals surface area contributed by atoms with Crippen molar-refractivity contribution in [1.82, 2.24) is 0 Å². The molecule has 162 valence electrons. The number of ether oxygens (including phenoxy) is 1. The van der Waals surface area contributed by atoms with Crippen LogP contribution in [0.1, 0.15) is 91.8 Å². The van der Waals surface area contributed by atoms with Crippen molar-refractivity contribution in [2.75, 3.05) is 7.11 Å². The van der Waals surface area contributed by atoms with Gasteiger partial charge < -0.3 is 4.74 Å². The van der Waals surface area contributed by atoms with Crippen molar-refractivity contribution in [3.05, 3.63) is 70.8 Å². The fourth-order valence-electron chi connectivity index (χ4n) is 3.62. The van der Waals surface area contributed by atoms with Gasteiger partial charge in [0, 0.05) is 17.5 Å². The molecule has 0 N–H and O–H groups in total. The number of aryl methyl sites for hydroxylation is 2. The third-order valence-corrected chi connectivity index (χ3v) is 5.58. The number of esters is 1. The molecule has 0 aliphatic carbocycles. The predicted molar refractivity (Wildman–Crippen MR) is 123 cm³/mol. The van der Waals surface area contributed by atoms with E-state index in [1.807, 2.05) is 24.3 Å². The Morgan fingerprint density at radius 2 is 1.13 bits per heavy atom. The maximum Gasteiger partial charge on any atom is 0.305 e. The Morgan fingerprint density at radius 3 is 1.63 bits per heavy atom. The summed E-state index contributed by atoms with van der Waals surface area (Å²) in [5.41, 5.74) is 4.09. The van der Waals surface area contributed by atoms with Gasteiger partial charge in [-0.05, 0) is 43.2 Å². The second-order valence-electron chi connectivity index (χ2n) is 8.02. The molecular weight excluding hydrogens is 372 g/mol. The summed E-state index contributed by atoms with van der Waals surface area (Å²) >= 11 is 0. The number of hydrogen-bond donors (Lipinski definition) is 0. The van der Waals surface area contributed by atoms with Gasteiger partial charge in [0.25, 0.3) is 0 Å². The first-order valence-corrected chi connectivity index (χ1v) is 11.4. The molecule has 0 aromatic heterocycles. The lowest BCUT2D eigenvalue weighted by Gasteiger charge is -2.06. The lowest BCUT2D eigenvalue weighted by Crippen LogP contribution is -2.02. The molecule has 0 heterocycles. The van der Waals surface area contributed by atoms with Crippen LogP contribution in [0.5, 0.6) is 0 Å². The second kappa shape index (κ2) is 13.7. The molecule has 0 saturated heterocycles. The number of methoxy groups -OCH3 is 1. The van der Waals surface area contributed by atoms with Gasteiger partial charge in [-0.25, -0.2) is 0 Å². The number of unbranched alkanes of at least 4 members (excludes halogenated alkanes) is 6. The normalized spacial score (nSPS) is 10.7. The number of carbonyl (C=O) groups excluding carboxylic acids is 2. The molecule has 0 bridgehead atoms. The van der Waals surface area contributed by atoms with Crippen molar-refractivity contribution in [2.24, 2.45) is 0 Å². The van der Waals surface area contributed by atoms with Gasteiger partial charge in [-0.1, -0.05) is 87.6 Å². The zero-order chi connectivity index (χ0) is 21.6. The minimum Gasteiger partial charge on any atom is -0.469 e. The maximum absolute atomic E-state index is 12.7. The minimum absolute atomic E-state index is 0.0901. The third kappa shape index (κ3) is 8.52. The largest absolute Gasteiger partial charge is 0.469 e. The van der Waals surface area contributed by atoms with Crippen LogP contribution in [0, 0.1) is 0 Å². The Kier molecular flexibility index (Phi) is 10.9. The van der Waals surface area contributed by atoms with E-state index in [0.717, 1.165) is 56.1 Å². The van der Waals surface area contributed by atoms with Crippen LogP contribution in [-0.2, 0) is 22.4 Å². The van der Waals surface area contributed by atoms with Gasteiger partial charge in [0.1, 0.15) is 0 Å². The molecule has 0 spiro atoms. The molecule has 0 amide bonds. The fraction of sp³-hybridized carbons (Fsp3) is 0.481. The number of ketones is 1. The Bertz CT molecular complexity index is 760. The molecule has 0 saturated carbocycles. The van der Waals surface area contributed by atoms with Gasteiger partial charge in [0.2, 0.25) is 0 Å².